The molecule has 1 amide bonds. The van der Waals surface area contributed by atoms with Crippen molar-refractivity contribution in [3.63, 3.8) is 0 Å². The Morgan fingerprint density at radius 1 is 1.24 bits per heavy atom. The normalized spacial score (nSPS) is 16.3. The van der Waals surface area contributed by atoms with Crippen LogP contribution in [-0.4, -0.2) is 35.0 Å². The molecule has 0 spiro atoms. The number of aromatic nitrogens is 1. The second kappa shape index (κ2) is 8.17. The Morgan fingerprint density at radius 3 is 2.83 bits per heavy atom. The van der Waals surface area contributed by atoms with E-state index in [0.717, 1.165) is 29.3 Å². The first-order valence-electron chi connectivity index (χ1n) is 9.79. The van der Waals surface area contributed by atoms with Gasteiger partial charge >= 0.3 is 0 Å². The van der Waals surface area contributed by atoms with E-state index in [2.05, 4.69) is 4.98 Å². The largest absolute Gasteiger partial charge is 0.376 e. The molecule has 1 saturated heterocycles. The van der Waals surface area contributed by atoms with E-state index in [9.17, 15) is 14.0 Å². The van der Waals surface area contributed by atoms with Crippen molar-refractivity contribution in [1.82, 2.24) is 9.88 Å². The molecule has 1 aromatic heterocycles. The maximum absolute atomic E-state index is 14.2. The minimum Gasteiger partial charge on any atom is -0.376 e. The molecule has 2 heterocycles. The van der Waals surface area contributed by atoms with E-state index in [1.54, 1.807) is 18.2 Å². The Bertz CT molecular complexity index is 1100. The van der Waals surface area contributed by atoms with Gasteiger partial charge in [-0.05, 0) is 55.5 Å². The van der Waals surface area contributed by atoms with Gasteiger partial charge in [0.2, 0.25) is 0 Å². The summed E-state index contributed by atoms with van der Waals surface area (Å²) >= 11 is 0. The van der Waals surface area contributed by atoms with Gasteiger partial charge in [-0.2, -0.15) is 0 Å². The van der Waals surface area contributed by atoms with Gasteiger partial charge in [-0.3, -0.25) is 9.59 Å². The second-order valence-corrected chi connectivity index (χ2v) is 7.51. The van der Waals surface area contributed by atoms with Crippen molar-refractivity contribution < 1.29 is 13.9 Å². The fraction of sp³-hybridized carbons (Fsp3) is 0.304. The first kappa shape index (κ1) is 19.3. The van der Waals surface area contributed by atoms with Crippen LogP contribution >= 0.6 is 0 Å². The number of hydrogen-bond acceptors (Lipinski definition) is 3. The summed E-state index contributed by atoms with van der Waals surface area (Å²) in [6.07, 6.45) is 1.67. The third-order valence-corrected chi connectivity index (χ3v) is 5.28. The Morgan fingerprint density at radius 2 is 2.07 bits per heavy atom. The molecule has 0 saturated carbocycles. The van der Waals surface area contributed by atoms with Crippen molar-refractivity contribution in [3.05, 3.63) is 81.4 Å². The van der Waals surface area contributed by atoms with Gasteiger partial charge in [-0.25, -0.2) is 4.39 Å². The first-order valence-corrected chi connectivity index (χ1v) is 9.79. The van der Waals surface area contributed by atoms with E-state index in [0.29, 0.717) is 18.7 Å². The predicted molar refractivity (Wildman–Crippen MR) is 109 cm³/mol. The zero-order valence-corrected chi connectivity index (χ0v) is 16.3. The Balaban J connectivity index is 1.68. The summed E-state index contributed by atoms with van der Waals surface area (Å²) in [6, 6.07) is 13.5. The van der Waals surface area contributed by atoms with Gasteiger partial charge in [0.25, 0.3) is 11.5 Å². The molecule has 5 nitrogen and oxygen atoms in total. The number of carbonyl (C=O) groups is 1. The number of amides is 1. The van der Waals surface area contributed by atoms with E-state index in [4.69, 9.17) is 4.74 Å². The highest BCUT2D eigenvalue weighted by Gasteiger charge is 2.26. The summed E-state index contributed by atoms with van der Waals surface area (Å²) in [6.45, 7) is 3.04. The van der Waals surface area contributed by atoms with Gasteiger partial charge in [0.15, 0.2) is 0 Å². The van der Waals surface area contributed by atoms with Crippen LogP contribution < -0.4 is 5.56 Å². The quantitative estimate of drug-likeness (QED) is 0.716. The summed E-state index contributed by atoms with van der Waals surface area (Å²) in [5.74, 6) is -1.01. The molecular formula is C23H23FN2O3. The molecule has 0 bridgehead atoms. The number of H-pyrrole nitrogens is 1. The number of pyridine rings is 1. The van der Waals surface area contributed by atoms with Crippen molar-refractivity contribution in [1.29, 1.82) is 0 Å². The van der Waals surface area contributed by atoms with Crippen LogP contribution in [0.25, 0.3) is 10.9 Å². The number of nitrogens with one attached hydrogen (secondary N) is 1. The summed E-state index contributed by atoms with van der Waals surface area (Å²) in [5, 5.41) is 0.898. The predicted octanol–water partition coefficient (Wildman–Crippen LogP) is 3.80. The van der Waals surface area contributed by atoms with E-state index in [1.807, 2.05) is 25.1 Å². The van der Waals surface area contributed by atoms with Crippen LogP contribution in [0.2, 0.25) is 0 Å². The molecule has 1 atom stereocenters. The maximum Gasteiger partial charge on any atom is 0.257 e. The van der Waals surface area contributed by atoms with Gasteiger partial charge < -0.3 is 14.6 Å². The third kappa shape index (κ3) is 4.22. The van der Waals surface area contributed by atoms with Crippen molar-refractivity contribution in [2.75, 3.05) is 13.2 Å². The Labute approximate surface area is 168 Å². The maximum atomic E-state index is 14.2. The van der Waals surface area contributed by atoms with E-state index in [1.165, 1.54) is 17.0 Å². The minimum atomic E-state index is -0.571. The SMILES string of the molecule is Cc1ccc2[nH]c(=O)c(CN(CC3CCCO3)C(=O)c3ccccc3F)cc2c1. The van der Waals surface area contributed by atoms with Crippen molar-refractivity contribution in [2.24, 2.45) is 0 Å². The number of rotatable bonds is 5. The van der Waals surface area contributed by atoms with Crippen LogP contribution in [-0.2, 0) is 11.3 Å². The van der Waals surface area contributed by atoms with Crippen LogP contribution in [0.15, 0.2) is 53.3 Å². The summed E-state index contributed by atoms with van der Waals surface area (Å²) in [5.41, 5.74) is 2.04. The molecule has 1 unspecified atom stereocenters. The van der Waals surface area contributed by atoms with Crippen LogP contribution in [0.4, 0.5) is 4.39 Å². The summed E-state index contributed by atoms with van der Waals surface area (Å²) < 4.78 is 19.9. The first-order chi connectivity index (χ1) is 14.0. The number of ether oxygens (including phenoxy) is 1. The van der Waals surface area contributed by atoms with Gasteiger partial charge in [-0.1, -0.05) is 23.8 Å². The molecule has 0 radical (unpaired) electrons. The number of aryl methyl sites for hydroxylation is 1. The molecular weight excluding hydrogens is 371 g/mol. The van der Waals surface area contributed by atoms with Gasteiger partial charge in [-0.15, -0.1) is 0 Å². The Hall–Kier alpha value is -2.99. The average Bonchev–Trinajstić information content (AvgIpc) is 3.21. The van der Waals surface area contributed by atoms with Crippen molar-refractivity contribution in [3.8, 4) is 0 Å². The highest BCUT2D eigenvalue weighted by Crippen LogP contribution is 2.19. The zero-order chi connectivity index (χ0) is 20.4. The molecule has 0 aliphatic carbocycles. The number of carbonyl (C=O) groups excluding carboxylic acids is 1. The zero-order valence-electron chi connectivity index (χ0n) is 16.3. The smallest absolute Gasteiger partial charge is 0.257 e. The van der Waals surface area contributed by atoms with Gasteiger partial charge in [0.1, 0.15) is 5.82 Å². The number of hydrogen-bond donors (Lipinski definition) is 1. The monoisotopic (exact) mass is 394 g/mol. The second-order valence-electron chi connectivity index (χ2n) is 7.51. The van der Waals surface area contributed by atoms with Crippen LogP contribution in [0, 0.1) is 12.7 Å². The van der Waals surface area contributed by atoms with Gasteiger partial charge in [0.05, 0.1) is 18.2 Å². The van der Waals surface area contributed by atoms with E-state index in [-0.39, 0.29) is 23.8 Å². The van der Waals surface area contributed by atoms with Crippen LogP contribution in [0.5, 0.6) is 0 Å². The van der Waals surface area contributed by atoms with E-state index < -0.39 is 11.7 Å². The molecule has 1 N–H and O–H groups in total. The molecule has 2 aromatic carbocycles. The van der Waals surface area contributed by atoms with Crippen LogP contribution in [0.3, 0.4) is 0 Å². The minimum absolute atomic E-state index is 0.00133. The lowest BCUT2D eigenvalue weighted by Crippen LogP contribution is -2.38. The van der Waals surface area contributed by atoms with E-state index >= 15 is 0 Å². The third-order valence-electron chi connectivity index (χ3n) is 5.28. The summed E-state index contributed by atoms with van der Waals surface area (Å²) in [7, 11) is 0. The molecule has 1 fully saturated rings. The average molecular weight is 394 g/mol. The lowest BCUT2D eigenvalue weighted by Gasteiger charge is -2.25. The number of benzene rings is 2. The lowest BCUT2D eigenvalue weighted by atomic mass is 10.1. The fourth-order valence-electron chi connectivity index (χ4n) is 3.75. The molecule has 4 rings (SSSR count). The van der Waals surface area contributed by atoms with Crippen molar-refractivity contribution in [2.45, 2.75) is 32.4 Å². The number of aromatic amines is 1. The molecule has 29 heavy (non-hydrogen) atoms. The number of halogens is 1. The molecule has 1 aliphatic heterocycles. The highest BCUT2D eigenvalue weighted by atomic mass is 19.1. The standard InChI is InChI=1S/C23H23FN2O3/c1-15-8-9-21-16(11-15)12-17(22(27)25-21)13-26(14-18-5-4-10-29-18)23(28)19-6-2-3-7-20(19)24/h2-3,6-9,11-12,18H,4-5,10,13-14H2,1H3,(H,25,27). The van der Waals surface area contributed by atoms with Crippen LogP contribution in [0.1, 0.15) is 34.3 Å². The highest BCUT2D eigenvalue weighted by molar-refractivity contribution is 5.94. The number of nitrogens with zero attached hydrogens (tertiary/aromatic N) is 1. The molecule has 3 aromatic rings. The summed E-state index contributed by atoms with van der Waals surface area (Å²) in [4.78, 5) is 30.1. The van der Waals surface area contributed by atoms with Gasteiger partial charge in [0, 0.05) is 24.2 Å². The number of fused-ring (bicyclic) bond motifs is 1. The van der Waals surface area contributed by atoms with Crippen molar-refractivity contribution >= 4 is 16.8 Å². The molecule has 6 heteroatoms. The Kier molecular flexibility index (Phi) is 5.45. The lowest BCUT2D eigenvalue weighted by molar-refractivity contribution is 0.0503. The molecule has 1 aliphatic rings. The fourth-order valence-corrected chi connectivity index (χ4v) is 3.75. The topological polar surface area (TPSA) is 62.4 Å². The molecule has 150 valence electrons.